The van der Waals surface area contributed by atoms with Crippen molar-refractivity contribution < 1.29 is 0 Å². The van der Waals surface area contributed by atoms with Crippen LogP contribution in [0, 0.1) is 0 Å². The zero-order chi connectivity index (χ0) is 9.80. The molecule has 2 heterocycles. The summed E-state index contributed by atoms with van der Waals surface area (Å²) in [5, 5.41) is 0. The Balaban J connectivity index is 2.42. The highest BCUT2D eigenvalue weighted by molar-refractivity contribution is 5.49. The lowest BCUT2D eigenvalue weighted by atomic mass is 10.3. The molecule has 6 nitrogen and oxygen atoms in total. The van der Waals surface area contributed by atoms with Crippen LogP contribution in [0.1, 0.15) is 0 Å². The molecule has 0 aliphatic carbocycles. The molecular formula is C8H8N6. The van der Waals surface area contributed by atoms with E-state index in [1.165, 1.54) is 6.33 Å². The molecule has 0 unspecified atom stereocenters. The Morgan fingerprint density at radius 3 is 2.79 bits per heavy atom. The Labute approximate surface area is 80.2 Å². The van der Waals surface area contributed by atoms with Gasteiger partial charge >= 0.3 is 0 Å². The maximum atomic E-state index is 5.17. The van der Waals surface area contributed by atoms with Crippen LogP contribution >= 0.6 is 0 Å². The van der Waals surface area contributed by atoms with Crippen LogP contribution in [0.3, 0.4) is 0 Å². The van der Waals surface area contributed by atoms with Crippen molar-refractivity contribution in [1.82, 2.24) is 19.9 Å². The Hall–Kier alpha value is -2.08. The fourth-order valence-corrected chi connectivity index (χ4v) is 0.984. The molecule has 14 heavy (non-hydrogen) atoms. The van der Waals surface area contributed by atoms with Gasteiger partial charge in [0, 0.05) is 6.20 Å². The number of rotatable bonds is 2. The Morgan fingerprint density at radius 2 is 2.07 bits per heavy atom. The van der Waals surface area contributed by atoms with E-state index in [-0.39, 0.29) is 0 Å². The van der Waals surface area contributed by atoms with Gasteiger partial charge in [0.2, 0.25) is 5.95 Å². The molecule has 70 valence electrons. The molecule has 0 aliphatic rings. The maximum absolute atomic E-state index is 5.17. The van der Waals surface area contributed by atoms with Gasteiger partial charge in [0.15, 0.2) is 5.82 Å². The van der Waals surface area contributed by atoms with Gasteiger partial charge in [-0.3, -0.25) is 10.4 Å². The fraction of sp³-hybridized carbons (Fsp3) is 0. The Morgan fingerprint density at radius 1 is 1.14 bits per heavy atom. The predicted octanol–water partition coefficient (Wildman–Crippen LogP) is 0.219. The first-order chi connectivity index (χ1) is 6.90. The van der Waals surface area contributed by atoms with Gasteiger partial charge < -0.3 is 0 Å². The molecular weight excluding hydrogens is 180 g/mol. The summed E-state index contributed by atoms with van der Waals surface area (Å²) in [6, 6.07) is 5.50. The molecule has 0 aromatic carbocycles. The molecule has 0 saturated carbocycles. The van der Waals surface area contributed by atoms with Gasteiger partial charge in [0.05, 0.1) is 0 Å². The van der Waals surface area contributed by atoms with Crippen molar-refractivity contribution in [1.29, 1.82) is 0 Å². The molecule has 2 rings (SSSR count). The number of hydrazine groups is 1. The standard InChI is InChI=1S/C8H8N6/c9-14-8-12-5-11-7(13-8)6-3-1-2-4-10-6/h1-5H,9H2,(H,11,12,13,14). The quantitative estimate of drug-likeness (QED) is 0.517. The highest BCUT2D eigenvalue weighted by Crippen LogP contribution is 2.09. The first-order valence-corrected chi connectivity index (χ1v) is 3.97. The summed E-state index contributed by atoms with van der Waals surface area (Å²) in [7, 11) is 0. The number of nitrogens with one attached hydrogen (secondary N) is 1. The van der Waals surface area contributed by atoms with Crippen LogP contribution in [0.25, 0.3) is 11.5 Å². The van der Waals surface area contributed by atoms with Gasteiger partial charge in [-0.2, -0.15) is 4.98 Å². The van der Waals surface area contributed by atoms with Crippen molar-refractivity contribution in [3.63, 3.8) is 0 Å². The minimum absolute atomic E-state index is 0.320. The lowest BCUT2D eigenvalue weighted by Gasteiger charge is -2.00. The van der Waals surface area contributed by atoms with E-state index in [4.69, 9.17) is 5.84 Å². The summed E-state index contributed by atoms with van der Waals surface area (Å²) >= 11 is 0. The molecule has 0 bridgehead atoms. The largest absolute Gasteiger partial charge is 0.292 e. The van der Waals surface area contributed by atoms with E-state index >= 15 is 0 Å². The first kappa shape index (κ1) is 8.52. The zero-order valence-corrected chi connectivity index (χ0v) is 7.25. The molecule has 0 aliphatic heterocycles. The molecule has 3 N–H and O–H groups in total. The van der Waals surface area contributed by atoms with E-state index in [0.717, 1.165) is 0 Å². The third kappa shape index (κ3) is 1.64. The lowest BCUT2D eigenvalue weighted by Crippen LogP contribution is -2.11. The SMILES string of the molecule is NNc1ncnc(-c2ccccn2)n1. The highest BCUT2D eigenvalue weighted by atomic mass is 15.3. The van der Waals surface area contributed by atoms with E-state index in [9.17, 15) is 0 Å². The third-order valence-electron chi connectivity index (χ3n) is 1.59. The number of aromatic nitrogens is 4. The van der Waals surface area contributed by atoms with Crippen LogP contribution in [-0.4, -0.2) is 19.9 Å². The van der Waals surface area contributed by atoms with Crippen molar-refractivity contribution in [3.8, 4) is 11.5 Å². The van der Waals surface area contributed by atoms with E-state index in [2.05, 4.69) is 25.4 Å². The van der Waals surface area contributed by atoms with Crippen molar-refractivity contribution in [3.05, 3.63) is 30.7 Å². The topological polar surface area (TPSA) is 89.6 Å². The first-order valence-electron chi connectivity index (χ1n) is 3.97. The molecule has 2 aromatic rings. The van der Waals surface area contributed by atoms with Gasteiger partial charge in [-0.1, -0.05) is 6.07 Å². The number of anilines is 1. The summed E-state index contributed by atoms with van der Waals surface area (Å²) in [6.45, 7) is 0. The number of nitrogen functional groups attached to an aromatic ring is 1. The van der Waals surface area contributed by atoms with Crippen molar-refractivity contribution in [2.45, 2.75) is 0 Å². The smallest absolute Gasteiger partial charge is 0.240 e. The molecule has 2 aromatic heterocycles. The normalized spacial score (nSPS) is 9.79. The lowest BCUT2D eigenvalue weighted by molar-refractivity contribution is 1.03. The number of pyridine rings is 1. The molecule has 6 heteroatoms. The van der Waals surface area contributed by atoms with Crippen molar-refractivity contribution >= 4 is 5.95 Å². The zero-order valence-electron chi connectivity index (χ0n) is 7.25. The van der Waals surface area contributed by atoms with E-state index in [1.807, 2.05) is 18.2 Å². The summed E-state index contributed by atoms with van der Waals surface area (Å²) in [5.74, 6) is 5.99. The van der Waals surface area contributed by atoms with Crippen LogP contribution in [0.5, 0.6) is 0 Å². The van der Waals surface area contributed by atoms with E-state index in [0.29, 0.717) is 17.5 Å². The van der Waals surface area contributed by atoms with E-state index in [1.54, 1.807) is 6.20 Å². The van der Waals surface area contributed by atoms with Crippen LogP contribution < -0.4 is 11.3 Å². The monoisotopic (exact) mass is 188 g/mol. The summed E-state index contributed by atoms with van der Waals surface area (Å²) in [5.41, 5.74) is 3.03. The minimum atomic E-state index is 0.320. The van der Waals surface area contributed by atoms with Crippen LogP contribution in [-0.2, 0) is 0 Å². The molecule has 0 saturated heterocycles. The summed E-state index contributed by atoms with van der Waals surface area (Å²) < 4.78 is 0. The van der Waals surface area contributed by atoms with Gasteiger partial charge in [-0.15, -0.1) is 0 Å². The van der Waals surface area contributed by atoms with Gasteiger partial charge in [-0.25, -0.2) is 15.8 Å². The maximum Gasteiger partial charge on any atom is 0.240 e. The number of nitrogens with zero attached hydrogens (tertiary/aromatic N) is 4. The van der Waals surface area contributed by atoms with Crippen LogP contribution in [0.15, 0.2) is 30.7 Å². The highest BCUT2D eigenvalue weighted by Gasteiger charge is 2.02. The second kappa shape index (κ2) is 3.75. The molecule has 0 fully saturated rings. The second-order valence-electron chi connectivity index (χ2n) is 2.49. The third-order valence-corrected chi connectivity index (χ3v) is 1.59. The van der Waals surface area contributed by atoms with Crippen molar-refractivity contribution in [2.24, 2.45) is 5.84 Å². The predicted molar refractivity (Wildman–Crippen MR) is 50.9 cm³/mol. The van der Waals surface area contributed by atoms with Crippen molar-refractivity contribution in [2.75, 3.05) is 5.43 Å². The molecule has 0 spiro atoms. The van der Waals surface area contributed by atoms with Crippen LogP contribution in [0.4, 0.5) is 5.95 Å². The fourth-order valence-electron chi connectivity index (χ4n) is 0.984. The average Bonchev–Trinajstić information content (AvgIpc) is 2.30. The summed E-state index contributed by atoms with van der Waals surface area (Å²) in [6.07, 6.45) is 3.06. The van der Waals surface area contributed by atoms with Crippen LogP contribution in [0.2, 0.25) is 0 Å². The Bertz CT molecular complexity index is 415. The summed E-state index contributed by atoms with van der Waals surface area (Å²) in [4.78, 5) is 15.9. The molecule has 0 atom stereocenters. The average molecular weight is 188 g/mol. The van der Waals surface area contributed by atoms with Gasteiger partial charge in [0.1, 0.15) is 12.0 Å². The Kier molecular flexibility index (Phi) is 2.28. The second-order valence-corrected chi connectivity index (χ2v) is 2.49. The van der Waals surface area contributed by atoms with Gasteiger partial charge in [0.25, 0.3) is 0 Å². The number of hydrogen-bond acceptors (Lipinski definition) is 6. The van der Waals surface area contributed by atoms with Gasteiger partial charge in [-0.05, 0) is 12.1 Å². The molecule has 0 radical (unpaired) electrons. The van der Waals surface area contributed by atoms with E-state index < -0.39 is 0 Å². The number of hydrogen-bond donors (Lipinski definition) is 2. The molecule has 0 amide bonds. The number of nitrogens with two attached hydrogens (primary N) is 1. The minimum Gasteiger partial charge on any atom is -0.292 e.